The number of anilines is 1. The van der Waals surface area contributed by atoms with E-state index in [4.69, 9.17) is 11.6 Å². The second-order valence-electron chi connectivity index (χ2n) is 7.52. The number of carbonyl (C=O) groups is 1. The van der Waals surface area contributed by atoms with Crippen LogP contribution in [0.15, 0.2) is 29.2 Å². The third-order valence-corrected chi connectivity index (χ3v) is 8.53. The number of rotatable bonds is 7. The molecule has 3 rings (SSSR count). The molecule has 1 N–H and O–H groups in total. The molecule has 0 aliphatic heterocycles. The maximum atomic E-state index is 13.1. The van der Waals surface area contributed by atoms with Crippen molar-refractivity contribution in [1.29, 1.82) is 0 Å². The lowest BCUT2D eigenvalue weighted by Crippen LogP contribution is -2.30. The van der Waals surface area contributed by atoms with Gasteiger partial charge in [0.1, 0.15) is 14.8 Å². The molecular formula is C22H27ClN4O3S2. The summed E-state index contributed by atoms with van der Waals surface area (Å²) in [5.74, 6) is -0.0621. The van der Waals surface area contributed by atoms with Gasteiger partial charge in [0.2, 0.25) is 0 Å². The van der Waals surface area contributed by atoms with Crippen LogP contribution in [0, 0.1) is 20.8 Å². The highest BCUT2D eigenvalue weighted by atomic mass is 35.5. The molecule has 32 heavy (non-hydrogen) atoms. The first kappa shape index (κ1) is 24.3. The molecule has 10 heteroatoms. The number of benzene rings is 1. The van der Waals surface area contributed by atoms with Crippen LogP contribution in [0.3, 0.4) is 0 Å². The summed E-state index contributed by atoms with van der Waals surface area (Å²) in [6.07, 6.45) is 0. The Balaban J connectivity index is 1.99. The second kappa shape index (κ2) is 9.25. The fraction of sp³-hybridized carbons (Fsp3) is 0.364. The van der Waals surface area contributed by atoms with E-state index in [9.17, 15) is 13.2 Å². The Morgan fingerprint density at radius 1 is 1.19 bits per heavy atom. The van der Waals surface area contributed by atoms with Gasteiger partial charge in [0.15, 0.2) is 0 Å². The van der Waals surface area contributed by atoms with Crippen molar-refractivity contribution >= 4 is 44.6 Å². The SMILES string of the molecule is CCN(CC)C(=O)c1sc(-c2cc(S(=O)(=O)Nc3ccc(C)c(Cl)c3)c(C)n2C)nc1C. The quantitative estimate of drug-likeness (QED) is 0.500. The van der Waals surface area contributed by atoms with E-state index in [0.29, 0.717) is 50.8 Å². The topological polar surface area (TPSA) is 84.3 Å². The molecule has 0 atom stereocenters. The molecule has 0 fully saturated rings. The molecule has 0 saturated heterocycles. The highest BCUT2D eigenvalue weighted by Gasteiger charge is 2.26. The summed E-state index contributed by atoms with van der Waals surface area (Å²) >= 11 is 7.42. The maximum Gasteiger partial charge on any atom is 0.265 e. The highest BCUT2D eigenvalue weighted by Crippen LogP contribution is 2.33. The number of halogens is 1. The molecule has 0 bridgehead atoms. The molecule has 3 aromatic rings. The van der Waals surface area contributed by atoms with E-state index >= 15 is 0 Å². The van der Waals surface area contributed by atoms with Crippen LogP contribution in [-0.4, -0.2) is 41.9 Å². The Kier molecular flexibility index (Phi) is 7.02. The van der Waals surface area contributed by atoms with Gasteiger partial charge in [-0.25, -0.2) is 13.4 Å². The van der Waals surface area contributed by atoms with Crippen LogP contribution in [-0.2, 0) is 17.1 Å². The van der Waals surface area contributed by atoms with Crippen LogP contribution in [0.1, 0.15) is 40.5 Å². The summed E-state index contributed by atoms with van der Waals surface area (Å²) in [5, 5.41) is 1.09. The van der Waals surface area contributed by atoms with Crippen molar-refractivity contribution in [1.82, 2.24) is 14.5 Å². The molecule has 0 aliphatic rings. The van der Waals surface area contributed by atoms with Gasteiger partial charge in [-0.3, -0.25) is 9.52 Å². The highest BCUT2D eigenvalue weighted by molar-refractivity contribution is 7.92. The fourth-order valence-corrected chi connectivity index (χ4v) is 5.98. The molecule has 0 spiro atoms. The van der Waals surface area contributed by atoms with E-state index in [1.165, 1.54) is 11.3 Å². The molecule has 0 aliphatic carbocycles. The van der Waals surface area contributed by atoms with Crippen LogP contribution in [0.25, 0.3) is 10.7 Å². The molecule has 172 valence electrons. The van der Waals surface area contributed by atoms with Crippen LogP contribution >= 0.6 is 22.9 Å². The van der Waals surface area contributed by atoms with E-state index < -0.39 is 10.0 Å². The van der Waals surface area contributed by atoms with Gasteiger partial charge in [-0.05, 0) is 58.4 Å². The number of hydrogen-bond acceptors (Lipinski definition) is 5. The van der Waals surface area contributed by atoms with Crippen LogP contribution in [0.2, 0.25) is 5.02 Å². The van der Waals surface area contributed by atoms with Crippen LogP contribution in [0.5, 0.6) is 0 Å². The molecule has 7 nitrogen and oxygen atoms in total. The van der Waals surface area contributed by atoms with Gasteiger partial charge < -0.3 is 9.47 Å². The zero-order chi connectivity index (χ0) is 23.8. The van der Waals surface area contributed by atoms with Crippen molar-refractivity contribution in [2.75, 3.05) is 17.8 Å². The number of nitrogens with one attached hydrogen (secondary N) is 1. The molecule has 2 heterocycles. The third kappa shape index (κ3) is 4.55. The van der Waals surface area contributed by atoms with Gasteiger partial charge in [-0.1, -0.05) is 17.7 Å². The molecule has 1 amide bonds. The lowest BCUT2D eigenvalue weighted by molar-refractivity contribution is 0.0777. The standard InChI is InChI=1S/C22H27ClN4O3S2/c1-7-27(8-2)22(28)20-14(4)24-21(31-20)18-12-19(15(5)26(18)6)32(29,30)25-16-10-9-13(3)17(23)11-16/h9-12,25H,7-8H2,1-6H3. The zero-order valence-corrected chi connectivity index (χ0v) is 21.4. The number of aryl methyl sites for hydroxylation is 2. The summed E-state index contributed by atoms with van der Waals surface area (Å²) in [5.41, 5.74) is 3.09. The van der Waals surface area contributed by atoms with Crippen molar-refractivity contribution in [3.05, 3.63) is 51.1 Å². The summed E-state index contributed by atoms with van der Waals surface area (Å²) in [6.45, 7) is 10.5. The lowest BCUT2D eigenvalue weighted by Gasteiger charge is -2.17. The third-order valence-electron chi connectivity index (χ3n) is 5.46. The lowest BCUT2D eigenvalue weighted by atomic mass is 10.2. The predicted molar refractivity (Wildman–Crippen MR) is 130 cm³/mol. The van der Waals surface area contributed by atoms with Crippen molar-refractivity contribution < 1.29 is 13.2 Å². The molecule has 0 saturated carbocycles. The van der Waals surface area contributed by atoms with Crippen molar-refractivity contribution in [3.63, 3.8) is 0 Å². The monoisotopic (exact) mass is 494 g/mol. The summed E-state index contributed by atoms with van der Waals surface area (Å²) < 4.78 is 30.6. The Morgan fingerprint density at radius 3 is 2.44 bits per heavy atom. The summed E-state index contributed by atoms with van der Waals surface area (Å²) in [6, 6.07) is 6.61. The van der Waals surface area contributed by atoms with Crippen LogP contribution < -0.4 is 4.72 Å². The van der Waals surface area contributed by atoms with Crippen molar-refractivity contribution in [3.8, 4) is 10.7 Å². The number of amides is 1. The fourth-order valence-electron chi connectivity index (χ4n) is 3.37. The van der Waals surface area contributed by atoms with Gasteiger partial charge in [-0.15, -0.1) is 11.3 Å². The molecular weight excluding hydrogens is 468 g/mol. The van der Waals surface area contributed by atoms with E-state index in [-0.39, 0.29) is 10.8 Å². The Morgan fingerprint density at radius 2 is 1.84 bits per heavy atom. The van der Waals surface area contributed by atoms with Crippen molar-refractivity contribution in [2.24, 2.45) is 7.05 Å². The summed E-state index contributed by atoms with van der Waals surface area (Å²) in [7, 11) is -2.07. The smallest absolute Gasteiger partial charge is 0.265 e. The number of aromatic nitrogens is 2. The Labute approximate surface area is 198 Å². The molecule has 2 aromatic heterocycles. The Bertz CT molecular complexity index is 1270. The van der Waals surface area contributed by atoms with Crippen molar-refractivity contribution in [2.45, 2.75) is 39.5 Å². The van der Waals surface area contributed by atoms with Crippen LogP contribution in [0.4, 0.5) is 5.69 Å². The van der Waals surface area contributed by atoms with Gasteiger partial charge in [0.25, 0.3) is 15.9 Å². The molecule has 0 radical (unpaired) electrons. The van der Waals surface area contributed by atoms with Gasteiger partial charge >= 0.3 is 0 Å². The van der Waals surface area contributed by atoms with E-state index in [1.54, 1.807) is 54.6 Å². The minimum atomic E-state index is -3.85. The number of hydrogen-bond donors (Lipinski definition) is 1. The predicted octanol–water partition coefficient (Wildman–Crippen LogP) is 5.01. The normalized spacial score (nSPS) is 11.6. The average Bonchev–Trinajstić information content (AvgIpc) is 3.26. The zero-order valence-electron chi connectivity index (χ0n) is 19.0. The van der Waals surface area contributed by atoms with Gasteiger partial charge in [-0.2, -0.15) is 0 Å². The second-order valence-corrected chi connectivity index (χ2v) is 10.6. The largest absolute Gasteiger partial charge is 0.345 e. The number of nitrogens with zero attached hydrogens (tertiary/aromatic N) is 3. The maximum absolute atomic E-state index is 13.1. The first-order valence-corrected chi connectivity index (χ1v) is 12.9. The number of thiazole rings is 1. The average molecular weight is 495 g/mol. The number of sulfonamides is 1. The van der Waals surface area contributed by atoms with E-state index in [1.807, 2.05) is 20.8 Å². The minimum Gasteiger partial charge on any atom is -0.345 e. The first-order chi connectivity index (χ1) is 15.0. The minimum absolute atomic E-state index is 0.0621. The summed E-state index contributed by atoms with van der Waals surface area (Å²) in [4.78, 5) is 19.9. The Hall–Kier alpha value is -2.36. The molecule has 0 unspecified atom stereocenters. The van der Waals surface area contributed by atoms with E-state index in [2.05, 4.69) is 9.71 Å². The molecule has 1 aromatic carbocycles. The van der Waals surface area contributed by atoms with Gasteiger partial charge in [0, 0.05) is 30.9 Å². The van der Waals surface area contributed by atoms with E-state index in [0.717, 1.165) is 5.56 Å². The van der Waals surface area contributed by atoms with Gasteiger partial charge in [0.05, 0.1) is 17.1 Å². The first-order valence-electron chi connectivity index (χ1n) is 10.2. The number of carbonyl (C=O) groups excluding carboxylic acids is 1.